The Morgan fingerprint density at radius 2 is 2.12 bits per heavy atom. The first kappa shape index (κ1) is 12.7. The first-order valence-electron chi connectivity index (χ1n) is 5.82. The lowest BCUT2D eigenvalue weighted by molar-refractivity contribution is 0.388. The SMILES string of the molecule is CCCCCCn1nc(OC)c(NC)c1N. The summed E-state index contributed by atoms with van der Waals surface area (Å²) < 4.78 is 6.96. The third-order valence-electron chi connectivity index (χ3n) is 2.63. The summed E-state index contributed by atoms with van der Waals surface area (Å²) in [5.41, 5.74) is 6.74. The van der Waals surface area contributed by atoms with Gasteiger partial charge in [-0.1, -0.05) is 26.2 Å². The predicted molar refractivity (Wildman–Crippen MR) is 66.9 cm³/mol. The number of aryl methyl sites for hydroxylation is 1. The van der Waals surface area contributed by atoms with Crippen LogP contribution in [0.3, 0.4) is 0 Å². The molecule has 92 valence electrons. The Morgan fingerprint density at radius 3 is 2.62 bits per heavy atom. The average Bonchev–Trinajstić information content (AvgIpc) is 2.61. The second-order valence-electron chi connectivity index (χ2n) is 3.80. The number of nitrogens with zero attached hydrogens (tertiary/aromatic N) is 2. The third kappa shape index (κ3) is 2.81. The van der Waals surface area contributed by atoms with Gasteiger partial charge in [-0.05, 0) is 6.42 Å². The van der Waals surface area contributed by atoms with Crippen molar-refractivity contribution >= 4 is 11.5 Å². The van der Waals surface area contributed by atoms with Crippen molar-refractivity contribution in [2.24, 2.45) is 0 Å². The van der Waals surface area contributed by atoms with Gasteiger partial charge in [-0.25, -0.2) is 4.68 Å². The molecule has 0 aliphatic heterocycles. The van der Waals surface area contributed by atoms with Crippen LogP contribution in [0.5, 0.6) is 5.88 Å². The van der Waals surface area contributed by atoms with Crippen LogP contribution in [0.4, 0.5) is 11.5 Å². The van der Waals surface area contributed by atoms with Crippen LogP contribution in [0.2, 0.25) is 0 Å². The van der Waals surface area contributed by atoms with Crippen LogP contribution in [0, 0.1) is 0 Å². The molecular formula is C11H22N4O. The molecule has 0 spiro atoms. The van der Waals surface area contributed by atoms with Crippen LogP contribution >= 0.6 is 0 Å². The number of anilines is 2. The van der Waals surface area contributed by atoms with E-state index in [0.29, 0.717) is 11.7 Å². The molecule has 0 aliphatic carbocycles. The quantitative estimate of drug-likeness (QED) is 0.699. The summed E-state index contributed by atoms with van der Waals surface area (Å²) >= 11 is 0. The zero-order valence-corrected chi connectivity index (χ0v) is 10.4. The molecule has 0 bridgehead atoms. The van der Waals surface area contributed by atoms with Gasteiger partial charge in [-0.15, -0.1) is 5.10 Å². The molecule has 0 unspecified atom stereocenters. The van der Waals surface area contributed by atoms with Crippen LogP contribution in [-0.2, 0) is 6.54 Å². The summed E-state index contributed by atoms with van der Waals surface area (Å²) in [5.74, 6) is 1.21. The van der Waals surface area contributed by atoms with Crippen LogP contribution in [0.1, 0.15) is 32.6 Å². The molecule has 0 fully saturated rings. The van der Waals surface area contributed by atoms with Gasteiger partial charge in [0.2, 0.25) is 0 Å². The van der Waals surface area contributed by atoms with Crippen molar-refractivity contribution in [1.29, 1.82) is 0 Å². The minimum atomic E-state index is 0.565. The third-order valence-corrected chi connectivity index (χ3v) is 2.63. The normalized spacial score (nSPS) is 10.4. The Hall–Kier alpha value is -1.39. The lowest BCUT2D eigenvalue weighted by Crippen LogP contribution is -2.05. The molecule has 1 aromatic heterocycles. The number of rotatable bonds is 7. The highest BCUT2D eigenvalue weighted by atomic mass is 16.5. The van der Waals surface area contributed by atoms with Crippen molar-refractivity contribution in [3.8, 4) is 5.88 Å². The maximum Gasteiger partial charge on any atom is 0.258 e. The Kier molecular flexibility index (Phi) is 4.95. The minimum Gasteiger partial charge on any atom is -0.478 e. The molecule has 0 aliphatic rings. The second kappa shape index (κ2) is 6.25. The highest BCUT2D eigenvalue weighted by molar-refractivity contribution is 5.68. The van der Waals surface area contributed by atoms with Crippen molar-refractivity contribution in [2.75, 3.05) is 25.2 Å². The van der Waals surface area contributed by atoms with Crippen molar-refractivity contribution in [1.82, 2.24) is 9.78 Å². The fourth-order valence-electron chi connectivity index (χ4n) is 1.69. The van der Waals surface area contributed by atoms with E-state index in [0.717, 1.165) is 18.7 Å². The number of methoxy groups -OCH3 is 1. The molecule has 0 radical (unpaired) electrons. The van der Waals surface area contributed by atoms with Gasteiger partial charge in [0, 0.05) is 13.6 Å². The topological polar surface area (TPSA) is 65.1 Å². The first-order valence-corrected chi connectivity index (χ1v) is 5.82. The molecule has 0 amide bonds. The maximum absolute atomic E-state index is 5.96. The molecule has 1 aromatic rings. The molecule has 0 saturated heterocycles. The molecule has 5 nitrogen and oxygen atoms in total. The highest BCUT2D eigenvalue weighted by Gasteiger charge is 2.14. The number of ether oxygens (including phenoxy) is 1. The Morgan fingerprint density at radius 1 is 1.38 bits per heavy atom. The van der Waals surface area contributed by atoms with Crippen molar-refractivity contribution in [3.63, 3.8) is 0 Å². The molecular weight excluding hydrogens is 204 g/mol. The summed E-state index contributed by atoms with van der Waals surface area (Å²) in [7, 11) is 3.42. The Labute approximate surface area is 97.0 Å². The monoisotopic (exact) mass is 226 g/mol. The van der Waals surface area contributed by atoms with E-state index < -0.39 is 0 Å². The highest BCUT2D eigenvalue weighted by Crippen LogP contribution is 2.29. The number of unbranched alkanes of at least 4 members (excludes halogenated alkanes) is 3. The van der Waals surface area contributed by atoms with E-state index in [-0.39, 0.29) is 0 Å². The van der Waals surface area contributed by atoms with Crippen LogP contribution in [0.15, 0.2) is 0 Å². The number of hydrogen-bond acceptors (Lipinski definition) is 4. The number of hydrogen-bond donors (Lipinski definition) is 2. The van der Waals surface area contributed by atoms with E-state index in [1.807, 2.05) is 7.05 Å². The summed E-state index contributed by atoms with van der Waals surface area (Å²) in [6, 6.07) is 0. The number of nitrogen functional groups attached to an aromatic ring is 1. The van der Waals surface area contributed by atoms with E-state index in [1.54, 1.807) is 11.8 Å². The lowest BCUT2D eigenvalue weighted by Gasteiger charge is -2.03. The first-order chi connectivity index (χ1) is 7.74. The van der Waals surface area contributed by atoms with Gasteiger partial charge in [0.25, 0.3) is 5.88 Å². The van der Waals surface area contributed by atoms with Gasteiger partial charge in [0.15, 0.2) is 0 Å². The van der Waals surface area contributed by atoms with E-state index in [1.165, 1.54) is 19.3 Å². The standard InChI is InChI=1S/C11H22N4O/c1-4-5-6-7-8-15-10(12)9(13-2)11(14-15)16-3/h13H,4-8,12H2,1-3H3. The fourth-order valence-corrected chi connectivity index (χ4v) is 1.69. The van der Waals surface area contributed by atoms with E-state index in [2.05, 4.69) is 17.3 Å². The number of aromatic nitrogens is 2. The predicted octanol–water partition coefficient (Wildman–Crippen LogP) is 2.10. The van der Waals surface area contributed by atoms with E-state index in [4.69, 9.17) is 10.5 Å². The van der Waals surface area contributed by atoms with Gasteiger partial charge >= 0.3 is 0 Å². The van der Waals surface area contributed by atoms with Crippen LogP contribution in [-0.4, -0.2) is 23.9 Å². The molecule has 0 saturated carbocycles. The summed E-state index contributed by atoms with van der Waals surface area (Å²) in [6.07, 6.45) is 4.82. The van der Waals surface area contributed by atoms with Gasteiger partial charge in [0.1, 0.15) is 11.5 Å². The fraction of sp³-hybridized carbons (Fsp3) is 0.727. The van der Waals surface area contributed by atoms with E-state index >= 15 is 0 Å². The summed E-state index contributed by atoms with van der Waals surface area (Å²) in [4.78, 5) is 0. The second-order valence-corrected chi connectivity index (χ2v) is 3.80. The Balaban J connectivity index is 2.62. The largest absolute Gasteiger partial charge is 0.478 e. The molecule has 3 N–H and O–H groups in total. The van der Waals surface area contributed by atoms with Gasteiger partial charge in [-0.3, -0.25) is 0 Å². The van der Waals surface area contributed by atoms with Crippen molar-refractivity contribution in [2.45, 2.75) is 39.2 Å². The van der Waals surface area contributed by atoms with Crippen molar-refractivity contribution < 1.29 is 4.74 Å². The molecule has 5 heteroatoms. The molecule has 16 heavy (non-hydrogen) atoms. The average molecular weight is 226 g/mol. The minimum absolute atomic E-state index is 0.565. The van der Waals surface area contributed by atoms with Gasteiger partial charge < -0.3 is 15.8 Å². The maximum atomic E-state index is 5.96. The number of nitrogens with two attached hydrogens (primary N) is 1. The van der Waals surface area contributed by atoms with Crippen molar-refractivity contribution in [3.05, 3.63) is 0 Å². The molecule has 1 rings (SSSR count). The number of nitrogens with one attached hydrogen (secondary N) is 1. The smallest absolute Gasteiger partial charge is 0.258 e. The van der Waals surface area contributed by atoms with Crippen LogP contribution in [0.25, 0.3) is 0 Å². The Bertz CT molecular complexity index is 322. The lowest BCUT2D eigenvalue weighted by atomic mass is 10.2. The summed E-state index contributed by atoms with van der Waals surface area (Å²) in [6.45, 7) is 3.05. The molecule has 1 heterocycles. The summed E-state index contributed by atoms with van der Waals surface area (Å²) in [5, 5.41) is 7.31. The van der Waals surface area contributed by atoms with Crippen LogP contribution < -0.4 is 15.8 Å². The van der Waals surface area contributed by atoms with Gasteiger partial charge in [0.05, 0.1) is 7.11 Å². The molecule has 0 atom stereocenters. The zero-order valence-electron chi connectivity index (χ0n) is 10.4. The van der Waals surface area contributed by atoms with Gasteiger partial charge in [-0.2, -0.15) is 0 Å². The van der Waals surface area contributed by atoms with E-state index in [9.17, 15) is 0 Å². The zero-order chi connectivity index (χ0) is 12.0. The molecule has 0 aromatic carbocycles.